The molecule has 0 bridgehead atoms. The van der Waals surface area contributed by atoms with E-state index in [9.17, 15) is 43.5 Å². The number of amides is 4. The largest absolute Gasteiger partial charge is 1.00 e. The third-order valence-corrected chi connectivity index (χ3v) is 10.5. The minimum Gasteiger partial charge on any atom is -0.669 e. The second-order valence-corrected chi connectivity index (χ2v) is 17.7. The van der Waals surface area contributed by atoms with Crippen LogP contribution >= 0.6 is 0 Å². The molecule has 3 atom stereocenters. The summed E-state index contributed by atoms with van der Waals surface area (Å²) in [6.07, 6.45) is 19.7. The van der Waals surface area contributed by atoms with Crippen LogP contribution in [0.2, 0.25) is 0 Å². The molecule has 434 valence electrons. The van der Waals surface area contributed by atoms with Crippen LogP contribution in [0.5, 0.6) is 0 Å². The van der Waals surface area contributed by atoms with Gasteiger partial charge >= 0.3 is 63.3 Å². The fourth-order valence-electron chi connectivity index (χ4n) is 5.90. The monoisotopic (exact) mass is 1110 g/mol. The third kappa shape index (κ3) is 73.4. The first-order valence-corrected chi connectivity index (χ1v) is 26.6. The Bertz CT molecular complexity index is 1440. The second-order valence-electron chi connectivity index (χ2n) is 17.7. The van der Waals surface area contributed by atoms with Gasteiger partial charge in [-0.15, -0.1) is 0 Å². The first-order chi connectivity index (χ1) is 35.7. The van der Waals surface area contributed by atoms with Crippen molar-refractivity contribution < 1.29 is 124 Å². The van der Waals surface area contributed by atoms with Crippen LogP contribution in [0.25, 0.3) is 5.73 Å². The Morgan fingerprint density at radius 3 is 1.32 bits per heavy atom. The van der Waals surface area contributed by atoms with Gasteiger partial charge in [0, 0.05) is 32.5 Å². The van der Waals surface area contributed by atoms with E-state index >= 15 is 0 Å². The molecule has 0 aliphatic rings. The smallest absolute Gasteiger partial charge is 0.669 e. The van der Waals surface area contributed by atoms with E-state index in [1.54, 1.807) is 27.8 Å². The van der Waals surface area contributed by atoms with Gasteiger partial charge in [-0.3, -0.25) is 28.8 Å². The molecule has 0 rings (SSSR count). The number of primary amides is 1. The Morgan fingerprint density at radius 2 is 0.961 bits per heavy atom. The molecule has 0 saturated heterocycles. The van der Waals surface area contributed by atoms with Crippen LogP contribution in [0.15, 0.2) is 0 Å². The number of carboxylic acids is 2. The van der Waals surface area contributed by atoms with Gasteiger partial charge in [-0.2, -0.15) is 0 Å². The summed E-state index contributed by atoms with van der Waals surface area (Å²) < 4.78 is 21.3. The molecule has 0 aliphatic carbocycles. The quantitative estimate of drug-likeness (QED) is 0.0238. The number of nitrogens with one attached hydrogen (secondary N) is 5. The maximum absolute atomic E-state index is 12.2. The average Bonchev–Trinajstić information content (AvgIpc) is 3.36. The van der Waals surface area contributed by atoms with Gasteiger partial charge in [0.2, 0.25) is 24.1 Å². The molecule has 22 nitrogen and oxygen atoms in total. The van der Waals surface area contributed by atoms with Gasteiger partial charge in [0.1, 0.15) is 19.5 Å². The molecular weight excluding hydrogens is 1010 g/mol. The SMILES string of the molecule is CC.NC=O.[B]C(=O)C(C)(C)N.[B]C(=O)C(C)NC.[K+].[NH-]C(C=O)CCCCNC(=O)COCCOCCNC(=O)COCCOCCNC(=O)CCC(CCCCCCCCCCCCCCCCC(=O)O)C(=O)O. The standard InChI is InChI=1S/C40H73N4O12.2C4H8BNO.C2H6.CH3NO.K/c41-35(31-45)18-15-16-22-42-37(47)32-55-29-28-54-26-24-44-38(48)33-56-30-27-53-25-23-43-36(46)21-20-34(40(51)52)17-13-11-9-7-5-3-1-2-4-6-8-10-12-14-19-39(49)50;1-4(2,6)3(5)7;1-3(6-2)4(5)7;1-2;2-1-3;/h31,34-35,41H,1-30,32-33H2,(H,42,47)(H,43,46)(H,44,48)(H,49,50)(H,51,52);6H2,1-2H3;3,6H,1-2H3;1-2H3;1H,(H2,2,3);/q-1;;;;;+1. The molecule has 0 fully saturated rings. The molecular formula is C51H98B2KN7O15. The van der Waals surface area contributed by atoms with E-state index in [-0.39, 0.29) is 153 Å². The van der Waals surface area contributed by atoms with Crippen LogP contribution < -0.4 is 84.1 Å². The minimum atomic E-state index is -0.861. The van der Waals surface area contributed by atoms with Gasteiger partial charge < -0.3 is 82.0 Å². The Balaban J connectivity index is -0.000000519. The summed E-state index contributed by atoms with van der Waals surface area (Å²) in [7, 11) is 11.3. The normalized spacial score (nSPS) is 11.5. The number of carboxylic acid groups (broad SMARTS) is 2. The minimum absolute atomic E-state index is 0. The zero-order chi connectivity index (χ0) is 58.0. The van der Waals surface area contributed by atoms with E-state index in [2.05, 4.69) is 27.0 Å². The summed E-state index contributed by atoms with van der Waals surface area (Å²) >= 11 is 0. The number of carbonyl (C=O) groups excluding carboxylic acids is 7. The molecule has 76 heavy (non-hydrogen) atoms. The summed E-state index contributed by atoms with van der Waals surface area (Å²) in [5, 5.41) is 29.0. The number of unbranched alkanes of at least 4 members (excludes halogenated alkanes) is 14. The van der Waals surface area contributed by atoms with Crippen LogP contribution in [0.4, 0.5) is 0 Å². The average molecular weight is 1110 g/mol. The number of nitrogens with two attached hydrogens (primary N) is 2. The van der Waals surface area contributed by atoms with Crippen LogP contribution in [0.3, 0.4) is 0 Å². The predicted octanol–water partition coefficient (Wildman–Crippen LogP) is 0.838. The number of aldehydes is 1. The van der Waals surface area contributed by atoms with Crippen molar-refractivity contribution in [1.29, 1.82) is 0 Å². The Hall–Kier alpha value is -2.68. The van der Waals surface area contributed by atoms with Crippen LogP contribution in [-0.4, -0.2) is 177 Å². The third-order valence-electron chi connectivity index (χ3n) is 10.5. The summed E-state index contributed by atoms with van der Waals surface area (Å²) in [6, 6.07) is -0.913. The molecule has 0 aliphatic heterocycles. The van der Waals surface area contributed by atoms with Crippen molar-refractivity contribution in [2.75, 3.05) is 79.5 Å². The fourth-order valence-corrected chi connectivity index (χ4v) is 5.90. The number of hydrogen-bond donors (Lipinski definition) is 8. The van der Waals surface area contributed by atoms with E-state index in [0.29, 0.717) is 58.0 Å². The van der Waals surface area contributed by atoms with Gasteiger partial charge in [0.15, 0.2) is 15.7 Å². The summed E-state index contributed by atoms with van der Waals surface area (Å²) in [4.78, 5) is 97.1. The second kappa shape index (κ2) is 64.8. The molecule has 25 heteroatoms. The van der Waals surface area contributed by atoms with Crippen molar-refractivity contribution in [3.63, 3.8) is 0 Å². The van der Waals surface area contributed by atoms with Gasteiger partial charge in [-0.05, 0) is 53.5 Å². The number of rotatable bonds is 46. The van der Waals surface area contributed by atoms with Gasteiger partial charge in [-0.25, -0.2) is 0 Å². The summed E-state index contributed by atoms with van der Waals surface area (Å²) in [5.74, 6) is -2.84. The van der Waals surface area contributed by atoms with Gasteiger partial charge in [-0.1, -0.05) is 116 Å². The van der Waals surface area contributed by atoms with E-state index in [1.807, 2.05) is 13.8 Å². The van der Waals surface area contributed by atoms with Crippen LogP contribution in [0, 0.1) is 5.92 Å². The van der Waals surface area contributed by atoms with E-state index in [1.165, 1.54) is 44.9 Å². The van der Waals surface area contributed by atoms with Crippen molar-refractivity contribution in [2.45, 2.75) is 187 Å². The fraction of sp³-hybridized carbons (Fsp3) is 0.824. The first kappa shape index (κ1) is 84.6. The van der Waals surface area contributed by atoms with Crippen molar-refractivity contribution in [1.82, 2.24) is 21.3 Å². The van der Waals surface area contributed by atoms with Crippen molar-refractivity contribution in [3.05, 3.63) is 5.73 Å². The maximum atomic E-state index is 12.2. The molecule has 0 spiro atoms. The topological polar surface area (TPSA) is 355 Å². The molecule has 0 heterocycles. The molecule has 3 unspecified atom stereocenters. The molecule has 0 aromatic heterocycles. The van der Waals surface area contributed by atoms with E-state index in [4.69, 9.17) is 56.0 Å². The van der Waals surface area contributed by atoms with E-state index < -0.39 is 35.1 Å². The Labute approximate surface area is 500 Å². The predicted molar refractivity (Wildman–Crippen MR) is 292 cm³/mol. The molecule has 0 aromatic rings. The van der Waals surface area contributed by atoms with Crippen LogP contribution in [0.1, 0.15) is 169 Å². The molecule has 4 radical (unpaired) electrons. The van der Waals surface area contributed by atoms with E-state index in [0.717, 1.165) is 44.9 Å². The van der Waals surface area contributed by atoms with Crippen molar-refractivity contribution in [2.24, 2.45) is 17.4 Å². The van der Waals surface area contributed by atoms with Crippen molar-refractivity contribution >= 4 is 69.4 Å². The number of carbonyl (C=O) groups is 9. The first-order valence-electron chi connectivity index (χ1n) is 26.6. The molecule has 4 amide bonds. The van der Waals surface area contributed by atoms with Gasteiger partial charge in [0.05, 0.1) is 68.5 Å². The summed E-state index contributed by atoms with van der Waals surface area (Å²) in [5.41, 5.74) is 15.0. The molecule has 0 aromatic carbocycles. The molecule has 0 saturated carbocycles. The van der Waals surface area contributed by atoms with Crippen LogP contribution in [-0.2, 0) is 62.1 Å². The maximum Gasteiger partial charge on any atom is 1.00 e. The zero-order valence-corrected chi connectivity index (χ0v) is 50.6. The number of hydrogen-bond acceptors (Lipinski definition) is 15. The summed E-state index contributed by atoms with van der Waals surface area (Å²) in [6.45, 7) is 11.2. The number of likely N-dealkylation sites (N-methyl/N-ethyl adjacent to an activating group) is 1. The number of ether oxygens (including phenoxy) is 4. The van der Waals surface area contributed by atoms with Gasteiger partial charge in [0.25, 0.3) is 0 Å². The Kier molecular flexibility index (Phi) is 72.2. The zero-order valence-electron chi connectivity index (χ0n) is 47.5. The van der Waals surface area contributed by atoms with Crippen molar-refractivity contribution in [3.8, 4) is 0 Å². The molecule has 11 N–H and O–H groups in total. The number of aliphatic carboxylic acids is 2. The Morgan fingerprint density at radius 1 is 0.592 bits per heavy atom.